The number of nitrogen functional groups attached to an aromatic ring is 1. The highest BCUT2D eigenvalue weighted by Crippen LogP contribution is 2.30. The Kier molecular flexibility index (Phi) is 4.72. The Hall–Kier alpha value is -1.19. The van der Waals surface area contributed by atoms with E-state index in [1.54, 1.807) is 0 Å². The molecule has 0 atom stereocenters. The van der Waals surface area contributed by atoms with E-state index in [4.69, 9.17) is 5.73 Å². The van der Waals surface area contributed by atoms with Gasteiger partial charge < -0.3 is 10.6 Å². The number of rotatable bonds is 5. The molecule has 0 spiro atoms. The summed E-state index contributed by atoms with van der Waals surface area (Å²) in [6, 6.07) is 0. The van der Waals surface area contributed by atoms with Crippen molar-refractivity contribution in [2.45, 2.75) is 58.9 Å². The Labute approximate surface area is 117 Å². The van der Waals surface area contributed by atoms with Crippen LogP contribution in [0.25, 0.3) is 0 Å². The molecule has 1 aromatic heterocycles. The normalized spacial score (nSPS) is 16.8. The molecule has 2 N–H and O–H groups in total. The lowest BCUT2D eigenvalue weighted by Crippen LogP contribution is -2.29. The maximum absolute atomic E-state index is 6.21. The fourth-order valence-electron chi connectivity index (χ4n) is 3.20. The number of nitrogens with zero attached hydrogens (tertiary/aromatic N) is 3. The van der Waals surface area contributed by atoms with Crippen LogP contribution in [0, 0.1) is 12.8 Å². The van der Waals surface area contributed by atoms with Gasteiger partial charge in [0.05, 0.1) is 11.4 Å². The second-order valence-corrected chi connectivity index (χ2v) is 5.93. The number of aryl methyl sites for hydroxylation is 2. The van der Waals surface area contributed by atoms with Crippen LogP contribution in [0.1, 0.15) is 51.1 Å². The Morgan fingerprint density at radius 2 is 2.00 bits per heavy atom. The van der Waals surface area contributed by atoms with E-state index >= 15 is 0 Å². The quantitative estimate of drug-likeness (QED) is 0.888. The van der Waals surface area contributed by atoms with E-state index in [1.807, 2.05) is 6.92 Å². The third-order valence-corrected chi connectivity index (χ3v) is 4.20. The average Bonchev–Trinajstić information content (AvgIpc) is 2.66. The van der Waals surface area contributed by atoms with Crippen LogP contribution >= 0.6 is 0 Å². The molecule has 4 nitrogen and oxygen atoms in total. The SMILES string of the molecule is CCCn1nc(C)c(N)c1N(C)CC1CCCCC1. The highest BCUT2D eigenvalue weighted by atomic mass is 15.4. The number of hydrogen-bond acceptors (Lipinski definition) is 3. The summed E-state index contributed by atoms with van der Waals surface area (Å²) in [5, 5.41) is 4.56. The molecular formula is C15H28N4. The van der Waals surface area contributed by atoms with Crippen molar-refractivity contribution in [2.75, 3.05) is 24.2 Å². The molecule has 1 saturated carbocycles. The monoisotopic (exact) mass is 264 g/mol. The highest BCUT2D eigenvalue weighted by molar-refractivity contribution is 5.65. The zero-order valence-electron chi connectivity index (χ0n) is 12.7. The number of nitrogens with two attached hydrogens (primary N) is 1. The molecule has 0 saturated heterocycles. The first-order valence-electron chi connectivity index (χ1n) is 7.67. The molecule has 0 aromatic carbocycles. The Balaban J connectivity index is 2.10. The minimum Gasteiger partial charge on any atom is -0.394 e. The van der Waals surface area contributed by atoms with Crippen LogP contribution in [0.4, 0.5) is 11.5 Å². The molecule has 1 heterocycles. The molecule has 0 aliphatic heterocycles. The molecule has 0 amide bonds. The predicted octanol–water partition coefficient (Wildman–Crippen LogP) is 3.20. The molecule has 1 fully saturated rings. The smallest absolute Gasteiger partial charge is 0.150 e. The lowest BCUT2D eigenvalue weighted by atomic mass is 9.89. The maximum atomic E-state index is 6.21. The van der Waals surface area contributed by atoms with Gasteiger partial charge in [0.1, 0.15) is 5.82 Å². The third-order valence-electron chi connectivity index (χ3n) is 4.20. The molecular weight excluding hydrogens is 236 g/mol. The van der Waals surface area contributed by atoms with Crippen molar-refractivity contribution in [1.82, 2.24) is 9.78 Å². The van der Waals surface area contributed by atoms with Crippen LogP contribution in [-0.2, 0) is 6.54 Å². The van der Waals surface area contributed by atoms with Gasteiger partial charge in [0.25, 0.3) is 0 Å². The van der Waals surface area contributed by atoms with Crippen LogP contribution in [0.15, 0.2) is 0 Å². The molecule has 0 unspecified atom stereocenters. The van der Waals surface area contributed by atoms with Gasteiger partial charge in [-0.25, -0.2) is 4.68 Å². The van der Waals surface area contributed by atoms with Crippen LogP contribution in [0.5, 0.6) is 0 Å². The largest absolute Gasteiger partial charge is 0.394 e. The second-order valence-electron chi connectivity index (χ2n) is 5.93. The molecule has 1 aliphatic rings. The van der Waals surface area contributed by atoms with Gasteiger partial charge >= 0.3 is 0 Å². The zero-order valence-corrected chi connectivity index (χ0v) is 12.7. The second kappa shape index (κ2) is 6.31. The first kappa shape index (κ1) is 14.2. The van der Waals surface area contributed by atoms with E-state index < -0.39 is 0 Å². The summed E-state index contributed by atoms with van der Waals surface area (Å²) < 4.78 is 2.08. The summed E-state index contributed by atoms with van der Waals surface area (Å²) in [6.07, 6.45) is 8.01. The standard InChI is InChI=1S/C15H28N4/c1-4-10-19-15(14(16)12(2)17-19)18(3)11-13-8-6-5-7-9-13/h13H,4-11,16H2,1-3H3. The third kappa shape index (κ3) is 3.23. The molecule has 1 aliphatic carbocycles. The van der Waals surface area contributed by atoms with Crippen molar-refractivity contribution >= 4 is 11.5 Å². The van der Waals surface area contributed by atoms with Gasteiger partial charge in [-0.05, 0) is 32.1 Å². The van der Waals surface area contributed by atoms with E-state index in [1.165, 1.54) is 32.1 Å². The predicted molar refractivity (Wildman–Crippen MR) is 81.5 cm³/mol. The minimum absolute atomic E-state index is 0.823. The first-order chi connectivity index (χ1) is 9.13. The minimum atomic E-state index is 0.823. The summed E-state index contributed by atoms with van der Waals surface area (Å²) in [6.45, 7) is 6.24. The van der Waals surface area contributed by atoms with E-state index in [2.05, 4.69) is 28.7 Å². The maximum Gasteiger partial charge on any atom is 0.150 e. The lowest BCUT2D eigenvalue weighted by molar-refractivity contribution is 0.360. The van der Waals surface area contributed by atoms with E-state index in [0.29, 0.717) is 0 Å². The van der Waals surface area contributed by atoms with Crippen molar-refractivity contribution in [2.24, 2.45) is 5.92 Å². The van der Waals surface area contributed by atoms with Gasteiger partial charge in [0.2, 0.25) is 0 Å². The zero-order chi connectivity index (χ0) is 13.8. The molecule has 0 bridgehead atoms. The molecule has 1 aromatic rings. The number of aromatic nitrogens is 2. The Bertz CT molecular complexity index is 405. The molecule has 19 heavy (non-hydrogen) atoms. The molecule has 2 rings (SSSR count). The van der Waals surface area contributed by atoms with Gasteiger partial charge in [-0.3, -0.25) is 0 Å². The summed E-state index contributed by atoms with van der Waals surface area (Å²) in [5.41, 5.74) is 8.03. The Morgan fingerprint density at radius 3 is 2.63 bits per heavy atom. The summed E-state index contributed by atoms with van der Waals surface area (Å²) in [7, 11) is 2.16. The van der Waals surface area contributed by atoms with Gasteiger partial charge in [-0.2, -0.15) is 5.10 Å². The van der Waals surface area contributed by atoms with Crippen LogP contribution in [-0.4, -0.2) is 23.4 Å². The van der Waals surface area contributed by atoms with Gasteiger partial charge in [-0.15, -0.1) is 0 Å². The van der Waals surface area contributed by atoms with Crippen LogP contribution < -0.4 is 10.6 Å². The van der Waals surface area contributed by atoms with Crippen LogP contribution in [0.3, 0.4) is 0 Å². The molecule has 4 heteroatoms. The Morgan fingerprint density at radius 1 is 1.32 bits per heavy atom. The van der Waals surface area contributed by atoms with E-state index in [0.717, 1.165) is 42.6 Å². The van der Waals surface area contributed by atoms with Gasteiger partial charge in [-0.1, -0.05) is 26.2 Å². The van der Waals surface area contributed by atoms with Crippen molar-refractivity contribution in [3.05, 3.63) is 5.69 Å². The fraction of sp³-hybridized carbons (Fsp3) is 0.800. The highest BCUT2D eigenvalue weighted by Gasteiger charge is 2.20. The fourth-order valence-corrected chi connectivity index (χ4v) is 3.20. The summed E-state index contributed by atoms with van der Waals surface area (Å²) in [5.74, 6) is 1.94. The summed E-state index contributed by atoms with van der Waals surface area (Å²) >= 11 is 0. The van der Waals surface area contributed by atoms with E-state index in [9.17, 15) is 0 Å². The molecule has 0 radical (unpaired) electrons. The van der Waals surface area contributed by atoms with Crippen molar-refractivity contribution in [1.29, 1.82) is 0 Å². The lowest BCUT2D eigenvalue weighted by Gasteiger charge is -2.28. The number of hydrogen-bond donors (Lipinski definition) is 1. The molecule has 108 valence electrons. The number of anilines is 2. The van der Waals surface area contributed by atoms with E-state index in [-0.39, 0.29) is 0 Å². The topological polar surface area (TPSA) is 47.1 Å². The van der Waals surface area contributed by atoms with Crippen LogP contribution in [0.2, 0.25) is 0 Å². The first-order valence-corrected chi connectivity index (χ1v) is 7.67. The van der Waals surface area contributed by atoms with Crippen molar-refractivity contribution < 1.29 is 0 Å². The van der Waals surface area contributed by atoms with Crippen molar-refractivity contribution in [3.8, 4) is 0 Å². The summed E-state index contributed by atoms with van der Waals surface area (Å²) in [4.78, 5) is 2.32. The van der Waals surface area contributed by atoms with Crippen molar-refractivity contribution in [3.63, 3.8) is 0 Å². The average molecular weight is 264 g/mol. The van der Waals surface area contributed by atoms with Gasteiger partial charge in [0, 0.05) is 20.1 Å². The van der Waals surface area contributed by atoms with Gasteiger partial charge in [0.15, 0.2) is 0 Å².